The lowest BCUT2D eigenvalue weighted by Crippen LogP contribution is -2.19. The van der Waals surface area contributed by atoms with Gasteiger partial charge in [-0.25, -0.2) is 5.10 Å². The number of nitrogens with zero attached hydrogens (tertiary/aromatic N) is 1. The number of hydrogen-bond donors (Lipinski definition) is 2. The monoisotopic (exact) mass is 285 g/mol. The number of ether oxygens (including phenoxy) is 1. The average Bonchev–Trinajstić information content (AvgIpc) is 2.68. The van der Waals surface area contributed by atoms with Gasteiger partial charge in [-0.2, -0.15) is 5.10 Å². The van der Waals surface area contributed by atoms with Gasteiger partial charge in [0.1, 0.15) is 5.02 Å². The van der Waals surface area contributed by atoms with E-state index in [1.165, 1.54) is 31.9 Å². The standard InChI is InChI=1S/C13H20ClN3O2/c14-12-11(9-16-17-13(12)18)15-7-8-19-10-5-3-1-2-4-6-10/h9-10H,1-8H2,(H2,15,17,18). The van der Waals surface area contributed by atoms with E-state index in [1.54, 1.807) is 0 Å². The van der Waals surface area contributed by atoms with Gasteiger partial charge >= 0.3 is 0 Å². The van der Waals surface area contributed by atoms with Crippen molar-refractivity contribution in [3.63, 3.8) is 0 Å². The number of hydrogen-bond acceptors (Lipinski definition) is 4. The number of rotatable bonds is 5. The molecule has 5 nitrogen and oxygen atoms in total. The van der Waals surface area contributed by atoms with Gasteiger partial charge in [0, 0.05) is 6.54 Å². The van der Waals surface area contributed by atoms with Crippen molar-refractivity contribution >= 4 is 17.3 Å². The maximum absolute atomic E-state index is 11.2. The molecule has 1 aromatic heterocycles. The summed E-state index contributed by atoms with van der Waals surface area (Å²) in [5, 5.41) is 9.19. The molecule has 106 valence electrons. The Kier molecular flexibility index (Phi) is 5.66. The summed E-state index contributed by atoms with van der Waals surface area (Å²) in [5.74, 6) is 0. The fourth-order valence-electron chi connectivity index (χ4n) is 2.33. The van der Waals surface area contributed by atoms with Crippen LogP contribution in [0, 0.1) is 0 Å². The van der Waals surface area contributed by atoms with Gasteiger partial charge in [0.05, 0.1) is 24.6 Å². The Hall–Kier alpha value is -1.07. The largest absolute Gasteiger partial charge is 0.380 e. The lowest BCUT2D eigenvalue weighted by atomic mass is 10.1. The molecule has 19 heavy (non-hydrogen) atoms. The van der Waals surface area contributed by atoms with E-state index in [2.05, 4.69) is 15.5 Å². The molecule has 1 aliphatic carbocycles. The van der Waals surface area contributed by atoms with Crippen molar-refractivity contribution in [2.45, 2.75) is 44.6 Å². The predicted octanol–water partition coefficient (Wildman–Crippen LogP) is 2.57. The van der Waals surface area contributed by atoms with Crippen molar-refractivity contribution in [2.24, 2.45) is 0 Å². The lowest BCUT2D eigenvalue weighted by molar-refractivity contribution is 0.0501. The van der Waals surface area contributed by atoms with Crippen LogP contribution in [0.5, 0.6) is 0 Å². The first kappa shape index (κ1) is 14.3. The Balaban J connectivity index is 1.71. The van der Waals surface area contributed by atoms with E-state index in [1.807, 2.05) is 0 Å². The first-order valence-corrected chi connectivity index (χ1v) is 7.24. The zero-order valence-electron chi connectivity index (χ0n) is 11.0. The molecule has 2 rings (SSSR count). The Morgan fingerprint density at radius 2 is 2.11 bits per heavy atom. The van der Waals surface area contributed by atoms with Crippen LogP contribution >= 0.6 is 11.6 Å². The van der Waals surface area contributed by atoms with Crippen molar-refractivity contribution in [3.05, 3.63) is 21.6 Å². The zero-order valence-corrected chi connectivity index (χ0v) is 11.7. The van der Waals surface area contributed by atoms with Gasteiger partial charge in [-0.3, -0.25) is 4.79 Å². The molecule has 0 radical (unpaired) electrons. The second kappa shape index (κ2) is 7.50. The molecule has 0 amide bonds. The highest BCUT2D eigenvalue weighted by molar-refractivity contribution is 6.32. The summed E-state index contributed by atoms with van der Waals surface area (Å²) in [5.41, 5.74) is 0.172. The maximum Gasteiger partial charge on any atom is 0.285 e. The van der Waals surface area contributed by atoms with Crippen LogP contribution in [-0.4, -0.2) is 29.5 Å². The maximum atomic E-state index is 11.2. The minimum atomic E-state index is -0.378. The smallest absolute Gasteiger partial charge is 0.285 e. The molecular formula is C13H20ClN3O2. The van der Waals surface area contributed by atoms with Crippen LogP contribution in [0.2, 0.25) is 5.02 Å². The number of anilines is 1. The second-order valence-electron chi connectivity index (χ2n) is 4.84. The third-order valence-electron chi connectivity index (χ3n) is 3.37. The number of halogens is 1. The predicted molar refractivity (Wildman–Crippen MR) is 75.8 cm³/mol. The number of nitrogens with one attached hydrogen (secondary N) is 2. The van der Waals surface area contributed by atoms with Crippen LogP contribution in [-0.2, 0) is 4.74 Å². The highest BCUT2D eigenvalue weighted by Gasteiger charge is 2.12. The van der Waals surface area contributed by atoms with Crippen LogP contribution in [0.25, 0.3) is 0 Å². The van der Waals surface area contributed by atoms with E-state index in [9.17, 15) is 4.79 Å². The SMILES string of the molecule is O=c1[nH]ncc(NCCOC2CCCCCC2)c1Cl. The normalized spacial score (nSPS) is 17.1. The number of aromatic nitrogens is 2. The van der Waals surface area contributed by atoms with Crippen molar-refractivity contribution in [1.29, 1.82) is 0 Å². The van der Waals surface area contributed by atoms with Crippen LogP contribution < -0.4 is 10.9 Å². The lowest BCUT2D eigenvalue weighted by Gasteiger charge is -2.15. The summed E-state index contributed by atoms with van der Waals surface area (Å²) >= 11 is 5.86. The van der Waals surface area contributed by atoms with Gasteiger partial charge in [0.25, 0.3) is 5.56 Å². The Bertz CT molecular complexity index is 442. The van der Waals surface area contributed by atoms with Crippen molar-refractivity contribution in [3.8, 4) is 0 Å². The Labute approximate surface area is 117 Å². The highest BCUT2D eigenvalue weighted by Crippen LogP contribution is 2.19. The van der Waals surface area contributed by atoms with Crippen LogP contribution in [0.15, 0.2) is 11.0 Å². The Morgan fingerprint density at radius 3 is 2.84 bits per heavy atom. The molecule has 1 aliphatic rings. The van der Waals surface area contributed by atoms with Gasteiger partial charge in [-0.1, -0.05) is 37.3 Å². The van der Waals surface area contributed by atoms with Gasteiger partial charge < -0.3 is 10.1 Å². The van der Waals surface area contributed by atoms with Crippen molar-refractivity contribution < 1.29 is 4.74 Å². The number of aromatic amines is 1. The topological polar surface area (TPSA) is 67.0 Å². The molecule has 0 saturated heterocycles. The van der Waals surface area contributed by atoms with E-state index in [4.69, 9.17) is 16.3 Å². The van der Waals surface area contributed by atoms with Crippen molar-refractivity contribution in [2.75, 3.05) is 18.5 Å². The summed E-state index contributed by atoms with van der Waals surface area (Å²) in [4.78, 5) is 11.2. The van der Waals surface area contributed by atoms with E-state index in [-0.39, 0.29) is 10.6 Å². The molecule has 1 saturated carbocycles. The molecule has 1 aromatic rings. The van der Waals surface area contributed by atoms with E-state index in [0.717, 1.165) is 12.8 Å². The third-order valence-corrected chi connectivity index (χ3v) is 3.74. The average molecular weight is 286 g/mol. The molecule has 1 heterocycles. The van der Waals surface area contributed by atoms with Gasteiger partial charge in [-0.15, -0.1) is 0 Å². The zero-order chi connectivity index (χ0) is 13.5. The van der Waals surface area contributed by atoms with Crippen molar-refractivity contribution in [1.82, 2.24) is 10.2 Å². The molecule has 0 atom stereocenters. The summed E-state index contributed by atoms with van der Waals surface area (Å²) in [6, 6.07) is 0. The Morgan fingerprint density at radius 1 is 1.37 bits per heavy atom. The molecule has 1 fully saturated rings. The molecule has 0 spiro atoms. The summed E-state index contributed by atoms with van der Waals surface area (Å²) in [7, 11) is 0. The van der Waals surface area contributed by atoms with E-state index >= 15 is 0 Å². The minimum absolute atomic E-state index is 0.143. The first-order chi connectivity index (χ1) is 9.27. The van der Waals surface area contributed by atoms with Gasteiger partial charge in [0.15, 0.2) is 0 Å². The minimum Gasteiger partial charge on any atom is -0.380 e. The summed E-state index contributed by atoms with van der Waals surface area (Å²) in [6.07, 6.45) is 9.40. The van der Waals surface area contributed by atoms with E-state index < -0.39 is 0 Å². The fraction of sp³-hybridized carbons (Fsp3) is 0.692. The molecule has 2 N–H and O–H groups in total. The highest BCUT2D eigenvalue weighted by atomic mass is 35.5. The quantitative estimate of drug-likeness (QED) is 0.644. The first-order valence-electron chi connectivity index (χ1n) is 6.86. The third kappa shape index (κ3) is 4.51. The van der Waals surface area contributed by atoms with Crippen LogP contribution in [0.3, 0.4) is 0 Å². The number of H-pyrrole nitrogens is 1. The van der Waals surface area contributed by atoms with E-state index in [0.29, 0.717) is 24.9 Å². The molecule has 0 bridgehead atoms. The summed E-state index contributed by atoms with van der Waals surface area (Å²) in [6.45, 7) is 1.25. The summed E-state index contributed by atoms with van der Waals surface area (Å²) < 4.78 is 5.84. The van der Waals surface area contributed by atoms with Crippen LogP contribution in [0.1, 0.15) is 38.5 Å². The molecule has 6 heteroatoms. The van der Waals surface area contributed by atoms with Crippen LogP contribution in [0.4, 0.5) is 5.69 Å². The molecule has 0 aliphatic heterocycles. The molecule has 0 aromatic carbocycles. The van der Waals surface area contributed by atoms with Gasteiger partial charge in [0.2, 0.25) is 0 Å². The fourth-order valence-corrected chi connectivity index (χ4v) is 2.48. The van der Waals surface area contributed by atoms with Gasteiger partial charge in [-0.05, 0) is 12.8 Å². The molecule has 0 unspecified atom stereocenters. The second-order valence-corrected chi connectivity index (χ2v) is 5.22. The molecular weight excluding hydrogens is 266 g/mol.